The fraction of sp³-hybridized carbons (Fsp3) is 0.118. The van der Waals surface area contributed by atoms with Crippen molar-refractivity contribution in [1.82, 2.24) is 14.8 Å². The first-order valence-electron chi connectivity index (χ1n) is 7.53. The minimum absolute atomic E-state index is 0.0341. The first-order chi connectivity index (χ1) is 12.8. The van der Waals surface area contributed by atoms with Gasteiger partial charge in [0, 0.05) is 11.9 Å². The highest BCUT2D eigenvalue weighted by atomic mass is 35.5. The van der Waals surface area contributed by atoms with Crippen LogP contribution in [0.25, 0.3) is 5.82 Å². The summed E-state index contributed by atoms with van der Waals surface area (Å²) >= 11 is 5.92. The summed E-state index contributed by atoms with van der Waals surface area (Å²) in [4.78, 5) is 16.2. The molecule has 0 aliphatic heterocycles. The number of alkyl halides is 3. The second-order valence-electron chi connectivity index (χ2n) is 5.31. The second kappa shape index (κ2) is 7.28. The molecule has 3 rings (SSSR count). The van der Waals surface area contributed by atoms with Crippen LogP contribution < -0.4 is 10.1 Å². The Balaban J connectivity index is 2.00. The number of pyridine rings is 1. The number of hydrogen-bond acceptors (Lipinski definition) is 4. The average molecular weight is 397 g/mol. The highest BCUT2D eigenvalue weighted by molar-refractivity contribution is 6.32. The fourth-order valence-corrected chi connectivity index (χ4v) is 2.56. The van der Waals surface area contributed by atoms with Gasteiger partial charge in [-0.25, -0.2) is 9.67 Å². The number of nitrogens with one attached hydrogen (secondary N) is 1. The molecule has 2 aromatic heterocycles. The van der Waals surface area contributed by atoms with Gasteiger partial charge in [0.2, 0.25) is 0 Å². The topological polar surface area (TPSA) is 69.0 Å². The van der Waals surface area contributed by atoms with Crippen molar-refractivity contribution in [3.05, 3.63) is 65.1 Å². The van der Waals surface area contributed by atoms with Gasteiger partial charge in [0.05, 0.1) is 23.9 Å². The van der Waals surface area contributed by atoms with E-state index < -0.39 is 23.3 Å². The Morgan fingerprint density at radius 1 is 1.22 bits per heavy atom. The van der Waals surface area contributed by atoms with Crippen molar-refractivity contribution in [3.63, 3.8) is 0 Å². The third-order valence-electron chi connectivity index (χ3n) is 3.57. The van der Waals surface area contributed by atoms with Gasteiger partial charge in [0.25, 0.3) is 5.91 Å². The molecule has 1 amide bonds. The second-order valence-corrected chi connectivity index (χ2v) is 5.72. The van der Waals surface area contributed by atoms with E-state index in [1.54, 1.807) is 12.1 Å². The van der Waals surface area contributed by atoms with Gasteiger partial charge in [-0.15, -0.1) is 0 Å². The minimum atomic E-state index is -4.86. The lowest BCUT2D eigenvalue weighted by Crippen LogP contribution is -2.21. The quantitative estimate of drug-likeness (QED) is 0.717. The summed E-state index contributed by atoms with van der Waals surface area (Å²) < 4.78 is 46.4. The molecule has 3 aromatic rings. The van der Waals surface area contributed by atoms with Gasteiger partial charge in [0.15, 0.2) is 11.5 Å². The number of carbonyl (C=O) groups is 1. The average Bonchev–Trinajstić information content (AvgIpc) is 3.08. The number of nitrogens with zero attached hydrogens (tertiary/aromatic N) is 3. The van der Waals surface area contributed by atoms with Crippen LogP contribution in [-0.4, -0.2) is 27.8 Å². The number of anilines is 1. The predicted octanol–water partition coefficient (Wildman–Crippen LogP) is 4.20. The molecule has 6 nitrogen and oxygen atoms in total. The normalized spacial score (nSPS) is 11.3. The predicted molar refractivity (Wildman–Crippen MR) is 92.3 cm³/mol. The number of halogens is 4. The summed E-state index contributed by atoms with van der Waals surface area (Å²) in [6.07, 6.45) is -2.75. The van der Waals surface area contributed by atoms with Gasteiger partial charge in [-0.1, -0.05) is 11.6 Å². The largest absolute Gasteiger partial charge is 0.497 e. The summed E-state index contributed by atoms with van der Waals surface area (Å²) in [6, 6.07) is 8.99. The number of ether oxygens (including phenoxy) is 1. The SMILES string of the molecule is COc1ccc(NC(=O)c2cnn(-c3ncccc3Cl)c2C(F)(F)F)cc1. The van der Waals surface area contributed by atoms with E-state index in [-0.39, 0.29) is 10.8 Å². The highest BCUT2D eigenvalue weighted by Gasteiger charge is 2.41. The zero-order chi connectivity index (χ0) is 19.6. The summed E-state index contributed by atoms with van der Waals surface area (Å²) in [6.45, 7) is 0. The summed E-state index contributed by atoms with van der Waals surface area (Å²) in [5.41, 5.74) is -1.62. The number of aromatic nitrogens is 3. The molecule has 0 unspecified atom stereocenters. The molecule has 0 atom stereocenters. The van der Waals surface area contributed by atoms with Crippen LogP contribution in [0.1, 0.15) is 16.1 Å². The van der Waals surface area contributed by atoms with Crippen molar-refractivity contribution in [1.29, 1.82) is 0 Å². The number of methoxy groups -OCH3 is 1. The van der Waals surface area contributed by atoms with Gasteiger partial charge >= 0.3 is 6.18 Å². The molecule has 0 fully saturated rings. The monoisotopic (exact) mass is 396 g/mol. The third kappa shape index (κ3) is 3.87. The van der Waals surface area contributed by atoms with Crippen molar-refractivity contribution in [2.24, 2.45) is 0 Å². The van der Waals surface area contributed by atoms with Crippen molar-refractivity contribution >= 4 is 23.2 Å². The maximum Gasteiger partial charge on any atom is 0.434 e. The van der Waals surface area contributed by atoms with E-state index in [4.69, 9.17) is 16.3 Å². The van der Waals surface area contributed by atoms with Crippen molar-refractivity contribution in [3.8, 4) is 11.6 Å². The lowest BCUT2D eigenvalue weighted by molar-refractivity contribution is -0.143. The summed E-state index contributed by atoms with van der Waals surface area (Å²) in [7, 11) is 1.47. The Morgan fingerprint density at radius 3 is 2.52 bits per heavy atom. The number of rotatable bonds is 4. The Labute approximate surface area is 156 Å². The molecule has 27 heavy (non-hydrogen) atoms. The highest BCUT2D eigenvalue weighted by Crippen LogP contribution is 2.34. The van der Waals surface area contributed by atoms with Gasteiger partial charge in [-0.05, 0) is 36.4 Å². The van der Waals surface area contributed by atoms with Gasteiger partial charge < -0.3 is 10.1 Å². The smallest absolute Gasteiger partial charge is 0.434 e. The number of benzene rings is 1. The van der Waals surface area contributed by atoms with Crippen LogP contribution in [0.3, 0.4) is 0 Å². The molecular formula is C17H12ClF3N4O2. The van der Waals surface area contributed by atoms with E-state index in [9.17, 15) is 18.0 Å². The maximum absolute atomic E-state index is 13.6. The van der Waals surface area contributed by atoms with Crippen LogP contribution >= 0.6 is 11.6 Å². The molecule has 0 aliphatic carbocycles. The molecule has 10 heteroatoms. The first-order valence-corrected chi connectivity index (χ1v) is 7.90. The van der Waals surface area contributed by atoms with Gasteiger partial charge in [0.1, 0.15) is 5.75 Å². The van der Waals surface area contributed by atoms with Crippen molar-refractivity contribution in [2.75, 3.05) is 12.4 Å². The minimum Gasteiger partial charge on any atom is -0.497 e. The molecule has 0 saturated heterocycles. The lowest BCUT2D eigenvalue weighted by atomic mass is 10.2. The number of amides is 1. The Kier molecular flexibility index (Phi) is 5.04. The van der Waals surface area contributed by atoms with E-state index in [0.29, 0.717) is 16.1 Å². The zero-order valence-corrected chi connectivity index (χ0v) is 14.5. The van der Waals surface area contributed by atoms with Gasteiger partial charge in [-0.2, -0.15) is 18.3 Å². The molecule has 0 aliphatic rings. The standard InChI is InChI=1S/C17H12ClF3N4O2/c1-27-11-6-4-10(5-7-11)24-16(26)12-9-23-25(14(12)17(19,20)21)15-13(18)3-2-8-22-15/h2-9H,1H3,(H,24,26). The fourth-order valence-electron chi connectivity index (χ4n) is 2.35. The van der Waals surface area contributed by atoms with Crippen molar-refractivity contribution in [2.45, 2.75) is 6.18 Å². The first kappa shape index (κ1) is 18.7. The van der Waals surface area contributed by atoms with Crippen LogP contribution in [0.5, 0.6) is 5.75 Å². The van der Waals surface area contributed by atoms with E-state index in [1.165, 1.54) is 37.6 Å². The molecule has 0 radical (unpaired) electrons. The molecule has 0 bridgehead atoms. The number of hydrogen-bond donors (Lipinski definition) is 1. The van der Waals surface area contributed by atoms with E-state index in [0.717, 1.165) is 6.20 Å². The Bertz CT molecular complexity index is 971. The molecular weight excluding hydrogens is 385 g/mol. The third-order valence-corrected chi connectivity index (χ3v) is 3.86. The molecule has 0 saturated carbocycles. The maximum atomic E-state index is 13.6. The Hall–Kier alpha value is -3.07. The van der Waals surface area contributed by atoms with Crippen LogP contribution in [0.2, 0.25) is 5.02 Å². The van der Waals surface area contributed by atoms with Crippen LogP contribution in [0.15, 0.2) is 48.8 Å². The van der Waals surface area contributed by atoms with Crippen molar-refractivity contribution < 1.29 is 22.7 Å². The molecule has 1 N–H and O–H groups in total. The summed E-state index contributed by atoms with van der Waals surface area (Å²) in [5, 5.41) is 6.04. The van der Waals surface area contributed by atoms with E-state index >= 15 is 0 Å². The van der Waals surface area contributed by atoms with Gasteiger partial charge in [-0.3, -0.25) is 4.79 Å². The molecule has 0 spiro atoms. The van der Waals surface area contributed by atoms with Crippen LogP contribution in [0.4, 0.5) is 18.9 Å². The lowest BCUT2D eigenvalue weighted by Gasteiger charge is -2.13. The molecule has 140 valence electrons. The number of carbonyl (C=O) groups excluding carboxylic acids is 1. The van der Waals surface area contributed by atoms with Crippen LogP contribution in [0, 0.1) is 0 Å². The van der Waals surface area contributed by atoms with E-state index in [1.807, 2.05) is 0 Å². The summed E-state index contributed by atoms with van der Waals surface area (Å²) in [5.74, 6) is -0.651. The molecule has 1 aromatic carbocycles. The van der Waals surface area contributed by atoms with E-state index in [2.05, 4.69) is 15.4 Å². The van der Waals surface area contributed by atoms with Crippen LogP contribution in [-0.2, 0) is 6.18 Å². The Morgan fingerprint density at radius 2 is 1.93 bits per heavy atom. The zero-order valence-electron chi connectivity index (χ0n) is 13.8. The molecule has 2 heterocycles.